The SMILES string of the molecule is CC(C)n1cc(-c2cnn(CC3(O)COC3)c2)c2cnc(Nc3ccnc(-c4cnn(S(=O)(=O)C5CC5)c4)n3)cc21. The van der Waals surface area contributed by atoms with E-state index in [9.17, 15) is 13.5 Å². The number of pyridine rings is 1. The molecule has 1 saturated carbocycles. The Morgan fingerprint density at radius 2 is 1.88 bits per heavy atom. The third-order valence-corrected chi connectivity index (χ3v) is 9.39. The van der Waals surface area contributed by atoms with Crippen LogP contribution in [0.25, 0.3) is 33.4 Å². The lowest BCUT2D eigenvalue weighted by Gasteiger charge is -2.35. The predicted molar refractivity (Wildman–Crippen MR) is 151 cm³/mol. The van der Waals surface area contributed by atoms with Crippen LogP contribution in [0.15, 0.2) is 55.5 Å². The van der Waals surface area contributed by atoms with Crippen LogP contribution in [-0.4, -0.2) is 76.1 Å². The van der Waals surface area contributed by atoms with Crippen molar-refractivity contribution >= 4 is 32.6 Å². The maximum atomic E-state index is 12.5. The Balaban J connectivity index is 1.16. The minimum atomic E-state index is -3.47. The van der Waals surface area contributed by atoms with Crippen LogP contribution < -0.4 is 5.32 Å². The summed E-state index contributed by atoms with van der Waals surface area (Å²) in [5.41, 5.74) is 2.57. The molecule has 13 nitrogen and oxygen atoms in total. The molecular weight excluding hydrogens is 546 g/mol. The van der Waals surface area contributed by atoms with Crippen LogP contribution in [0.2, 0.25) is 0 Å². The van der Waals surface area contributed by atoms with E-state index in [2.05, 4.69) is 55.1 Å². The number of ether oxygens (including phenoxy) is 1. The Kier molecular flexibility index (Phi) is 5.96. The quantitative estimate of drug-likeness (QED) is 0.268. The lowest BCUT2D eigenvalue weighted by Crippen LogP contribution is -2.52. The Bertz CT molecular complexity index is 1870. The van der Waals surface area contributed by atoms with Crippen LogP contribution in [0.5, 0.6) is 0 Å². The van der Waals surface area contributed by atoms with E-state index in [4.69, 9.17) is 4.74 Å². The molecule has 1 saturated heterocycles. The molecule has 2 aliphatic rings. The monoisotopic (exact) mass is 575 g/mol. The minimum Gasteiger partial charge on any atom is -0.383 e. The summed E-state index contributed by atoms with van der Waals surface area (Å²) in [5.74, 6) is 1.47. The average molecular weight is 576 g/mol. The van der Waals surface area contributed by atoms with E-state index < -0.39 is 15.6 Å². The number of nitrogens with one attached hydrogen (secondary N) is 1. The summed E-state index contributed by atoms with van der Waals surface area (Å²) in [6.07, 6.45) is 13.5. The van der Waals surface area contributed by atoms with Gasteiger partial charge < -0.3 is 19.7 Å². The van der Waals surface area contributed by atoms with Crippen LogP contribution in [0.4, 0.5) is 11.6 Å². The molecule has 2 N–H and O–H groups in total. The molecular formula is C27H29N9O4S. The molecule has 5 aromatic heterocycles. The van der Waals surface area contributed by atoms with Gasteiger partial charge in [-0.1, -0.05) is 0 Å². The smallest absolute Gasteiger partial charge is 0.256 e. The number of nitrogens with zero attached hydrogens (tertiary/aromatic N) is 8. The number of hydrogen-bond donors (Lipinski definition) is 2. The number of hydrogen-bond acceptors (Lipinski definition) is 10. The molecule has 14 heteroatoms. The zero-order valence-electron chi connectivity index (χ0n) is 22.5. The van der Waals surface area contributed by atoms with Gasteiger partial charge in [0.05, 0.1) is 54.7 Å². The summed E-state index contributed by atoms with van der Waals surface area (Å²) in [4.78, 5) is 13.5. The first-order valence-electron chi connectivity index (χ1n) is 13.4. The normalized spacial score (nSPS) is 16.8. The van der Waals surface area contributed by atoms with Gasteiger partial charge in [-0.25, -0.2) is 23.4 Å². The Morgan fingerprint density at radius 1 is 1.07 bits per heavy atom. The molecule has 0 amide bonds. The summed E-state index contributed by atoms with van der Waals surface area (Å²) >= 11 is 0. The van der Waals surface area contributed by atoms with Gasteiger partial charge in [0.1, 0.15) is 17.2 Å². The fourth-order valence-electron chi connectivity index (χ4n) is 4.97. The molecule has 0 radical (unpaired) electrons. The average Bonchev–Trinajstić information content (AvgIpc) is 3.33. The highest BCUT2D eigenvalue weighted by Crippen LogP contribution is 2.34. The lowest BCUT2D eigenvalue weighted by atomic mass is 10.0. The summed E-state index contributed by atoms with van der Waals surface area (Å²) in [7, 11) is -3.47. The molecule has 212 valence electrons. The van der Waals surface area contributed by atoms with Crippen molar-refractivity contribution in [3.63, 3.8) is 0 Å². The summed E-state index contributed by atoms with van der Waals surface area (Å²) in [6, 6.07) is 3.89. The van der Waals surface area contributed by atoms with Crippen LogP contribution >= 0.6 is 0 Å². The second-order valence-electron chi connectivity index (χ2n) is 11.0. The second-order valence-corrected chi connectivity index (χ2v) is 13.1. The van der Waals surface area contributed by atoms with E-state index in [-0.39, 0.29) is 11.3 Å². The molecule has 0 unspecified atom stereocenters. The van der Waals surface area contributed by atoms with Crippen LogP contribution in [0, 0.1) is 0 Å². The van der Waals surface area contributed by atoms with Crippen molar-refractivity contribution in [2.75, 3.05) is 18.5 Å². The highest BCUT2D eigenvalue weighted by molar-refractivity contribution is 7.90. The number of anilines is 2. The molecule has 1 aliphatic carbocycles. The topological polar surface area (TPSA) is 155 Å². The van der Waals surface area contributed by atoms with Crippen molar-refractivity contribution in [1.29, 1.82) is 0 Å². The third kappa shape index (κ3) is 4.77. The highest BCUT2D eigenvalue weighted by Gasteiger charge is 2.38. The molecule has 7 rings (SSSR count). The fourth-order valence-corrected chi connectivity index (χ4v) is 6.44. The van der Waals surface area contributed by atoms with Crippen molar-refractivity contribution in [1.82, 2.24) is 38.5 Å². The zero-order chi connectivity index (χ0) is 28.4. The fraction of sp³-hybridized carbons (Fsp3) is 0.370. The summed E-state index contributed by atoms with van der Waals surface area (Å²) < 4.78 is 35.1. The molecule has 41 heavy (non-hydrogen) atoms. The molecule has 6 heterocycles. The van der Waals surface area contributed by atoms with E-state index in [1.807, 2.05) is 18.5 Å². The first kappa shape index (κ1) is 25.8. The molecule has 2 fully saturated rings. The van der Waals surface area contributed by atoms with Gasteiger partial charge in [-0.3, -0.25) is 4.68 Å². The third-order valence-electron chi connectivity index (χ3n) is 7.35. The van der Waals surface area contributed by atoms with E-state index in [0.29, 0.717) is 55.6 Å². The molecule has 0 atom stereocenters. The minimum absolute atomic E-state index is 0.193. The maximum Gasteiger partial charge on any atom is 0.256 e. The Labute approximate surface area is 235 Å². The van der Waals surface area contributed by atoms with Gasteiger partial charge in [0, 0.05) is 53.4 Å². The molecule has 0 aromatic carbocycles. The number of fused-ring (bicyclic) bond motifs is 1. The van der Waals surface area contributed by atoms with Gasteiger partial charge in [-0.05, 0) is 32.8 Å². The van der Waals surface area contributed by atoms with Crippen molar-refractivity contribution in [2.45, 2.75) is 50.1 Å². The van der Waals surface area contributed by atoms with Crippen LogP contribution in [-0.2, 0) is 21.3 Å². The number of aliphatic hydroxyl groups is 1. The maximum absolute atomic E-state index is 12.5. The molecule has 1 aliphatic heterocycles. The molecule has 5 aromatic rings. The van der Waals surface area contributed by atoms with E-state index in [1.54, 1.807) is 23.1 Å². The van der Waals surface area contributed by atoms with Crippen LogP contribution in [0.3, 0.4) is 0 Å². The summed E-state index contributed by atoms with van der Waals surface area (Å²) in [6.45, 7) is 5.24. The van der Waals surface area contributed by atoms with Gasteiger partial charge in [0.2, 0.25) is 0 Å². The first-order chi connectivity index (χ1) is 19.7. The van der Waals surface area contributed by atoms with Crippen molar-refractivity contribution < 1.29 is 18.3 Å². The van der Waals surface area contributed by atoms with Gasteiger partial charge in [-0.2, -0.15) is 14.3 Å². The second kappa shape index (κ2) is 9.46. The molecule has 0 bridgehead atoms. The Hall–Kier alpha value is -4.14. The Morgan fingerprint density at radius 3 is 2.61 bits per heavy atom. The van der Waals surface area contributed by atoms with E-state index in [1.165, 1.54) is 12.4 Å². The zero-order valence-corrected chi connectivity index (χ0v) is 23.4. The van der Waals surface area contributed by atoms with Gasteiger partial charge in [0.25, 0.3) is 10.0 Å². The van der Waals surface area contributed by atoms with E-state index >= 15 is 0 Å². The number of rotatable bonds is 9. The lowest BCUT2D eigenvalue weighted by molar-refractivity contribution is -0.186. The predicted octanol–water partition coefficient (Wildman–Crippen LogP) is 2.98. The molecule has 0 spiro atoms. The van der Waals surface area contributed by atoms with Crippen molar-refractivity contribution in [3.8, 4) is 22.5 Å². The number of aromatic nitrogens is 8. The van der Waals surface area contributed by atoms with Gasteiger partial charge in [-0.15, -0.1) is 0 Å². The summed E-state index contributed by atoms with van der Waals surface area (Å²) in [5, 5.41) is 22.8. The standard InChI is InChI=1S/C27H29N9O4S/c1-17(2)35-13-22(18-8-30-34(11-18)14-27(37)15-40-16-27)21-10-29-25(7-23(21)35)32-24-5-6-28-26(33-24)19-9-31-36(12-19)41(38,39)20-3-4-20/h5-13,17,20,37H,3-4,14-16H2,1-2H3,(H,28,29,32,33). The first-order valence-corrected chi connectivity index (χ1v) is 14.9. The van der Waals surface area contributed by atoms with Crippen molar-refractivity contribution in [3.05, 3.63) is 55.5 Å². The van der Waals surface area contributed by atoms with E-state index in [0.717, 1.165) is 26.1 Å². The van der Waals surface area contributed by atoms with Gasteiger partial charge >= 0.3 is 0 Å². The van der Waals surface area contributed by atoms with Gasteiger partial charge in [0.15, 0.2) is 5.82 Å². The largest absolute Gasteiger partial charge is 0.383 e. The highest BCUT2D eigenvalue weighted by atomic mass is 32.2. The van der Waals surface area contributed by atoms with Crippen LogP contribution in [0.1, 0.15) is 32.7 Å². The van der Waals surface area contributed by atoms with Crippen molar-refractivity contribution in [2.24, 2.45) is 0 Å².